The first-order valence-electron chi connectivity index (χ1n) is 6.55. The molecule has 3 heteroatoms. The maximum atomic E-state index is 6.12. The first kappa shape index (κ1) is 12.5. The molecule has 1 atom stereocenters. The van der Waals surface area contributed by atoms with Crippen molar-refractivity contribution in [2.45, 2.75) is 12.5 Å². The predicted molar refractivity (Wildman–Crippen MR) is 78.8 cm³/mol. The van der Waals surface area contributed by atoms with Gasteiger partial charge in [-0.05, 0) is 36.7 Å². The molecule has 1 heterocycles. The quantitative estimate of drug-likeness (QED) is 0.920. The Morgan fingerprint density at radius 1 is 1.11 bits per heavy atom. The van der Waals surface area contributed by atoms with Crippen LogP contribution in [0.1, 0.15) is 6.42 Å². The summed E-state index contributed by atoms with van der Waals surface area (Å²) in [7, 11) is 0. The van der Waals surface area contributed by atoms with Crippen LogP contribution in [0.25, 0.3) is 11.1 Å². The van der Waals surface area contributed by atoms with Gasteiger partial charge in [-0.25, -0.2) is 0 Å². The molecule has 0 bridgehead atoms. The number of benzene rings is 2. The van der Waals surface area contributed by atoms with Crippen LogP contribution in [-0.4, -0.2) is 19.2 Å². The lowest BCUT2D eigenvalue weighted by Gasteiger charge is -2.16. The Morgan fingerprint density at radius 3 is 2.68 bits per heavy atom. The summed E-state index contributed by atoms with van der Waals surface area (Å²) in [6, 6.07) is 16.0. The SMILES string of the molecule is Clc1ccc(OC2CCNC2)c(-c2ccccc2)c1. The molecule has 2 aromatic rings. The molecule has 0 amide bonds. The third-order valence-electron chi connectivity index (χ3n) is 3.34. The summed E-state index contributed by atoms with van der Waals surface area (Å²) >= 11 is 6.12. The highest BCUT2D eigenvalue weighted by molar-refractivity contribution is 6.31. The maximum absolute atomic E-state index is 6.12. The van der Waals surface area contributed by atoms with E-state index < -0.39 is 0 Å². The average molecular weight is 274 g/mol. The van der Waals surface area contributed by atoms with Crippen molar-refractivity contribution in [3.05, 3.63) is 53.6 Å². The molecule has 1 fully saturated rings. The number of halogens is 1. The summed E-state index contributed by atoms with van der Waals surface area (Å²) in [6.45, 7) is 1.94. The van der Waals surface area contributed by atoms with Gasteiger partial charge in [-0.1, -0.05) is 41.9 Å². The Bertz CT molecular complexity index is 550. The monoisotopic (exact) mass is 273 g/mol. The maximum Gasteiger partial charge on any atom is 0.127 e. The number of rotatable bonds is 3. The molecule has 3 rings (SSSR count). The molecule has 1 saturated heterocycles. The Balaban J connectivity index is 1.94. The van der Waals surface area contributed by atoms with Crippen LogP contribution in [0.4, 0.5) is 0 Å². The number of hydrogen-bond acceptors (Lipinski definition) is 2. The molecule has 1 aliphatic heterocycles. The van der Waals surface area contributed by atoms with Crippen molar-refractivity contribution in [2.24, 2.45) is 0 Å². The molecule has 1 unspecified atom stereocenters. The van der Waals surface area contributed by atoms with E-state index >= 15 is 0 Å². The second kappa shape index (κ2) is 5.64. The van der Waals surface area contributed by atoms with Crippen LogP contribution in [0, 0.1) is 0 Å². The van der Waals surface area contributed by atoms with E-state index in [0.717, 1.165) is 41.4 Å². The predicted octanol–water partition coefficient (Wildman–Crippen LogP) is 3.75. The van der Waals surface area contributed by atoms with Gasteiger partial charge in [-0.15, -0.1) is 0 Å². The van der Waals surface area contributed by atoms with E-state index in [0.29, 0.717) is 0 Å². The fourth-order valence-electron chi connectivity index (χ4n) is 2.36. The van der Waals surface area contributed by atoms with E-state index in [2.05, 4.69) is 17.4 Å². The summed E-state index contributed by atoms with van der Waals surface area (Å²) < 4.78 is 6.09. The molecular weight excluding hydrogens is 258 g/mol. The number of hydrogen-bond donors (Lipinski definition) is 1. The smallest absolute Gasteiger partial charge is 0.127 e. The highest BCUT2D eigenvalue weighted by Gasteiger charge is 2.18. The van der Waals surface area contributed by atoms with E-state index in [1.807, 2.05) is 36.4 Å². The minimum atomic E-state index is 0.253. The molecule has 19 heavy (non-hydrogen) atoms. The summed E-state index contributed by atoms with van der Waals surface area (Å²) in [4.78, 5) is 0. The standard InChI is InChI=1S/C16H16ClNO/c17-13-6-7-16(19-14-8-9-18-11-14)15(10-13)12-4-2-1-3-5-12/h1-7,10,14,18H,8-9,11H2. The van der Waals surface area contributed by atoms with E-state index in [9.17, 15) is 0 Å². The fourth-order valence-corrected chi connectivity index (χ4v) is 2.53. The third kappa shape index (κ3) is 2.91. The van der Waals surface area contributed by atoms with Gasteiger partial charge in [0.2, 0.25) is 0 Å². The number of nitrogens with one attached hydrogen (secondary N) is 1. The second-order valence-corrected chi connectivity index (χ2v) is 5.18. The Labute approximate surface area is 118 Å². The van der Waals surface area contributed by atoms with Crippen molar-refractivity contribution >= 4 is 11.6 Å². The molecule has 1 N–H and O–H groups in total. The fraction of sp³-hybridized carbons (Fsp3) is 0.250. The average Bonchev–Trinajstić information content (AvgIpc) is 2.95. The zero-order valence-corrected chi connectivity index (χ0v) is 11.4. The van der Waals surface area contributed by atoms with Crippen LogP contribution < -0.4 is 10.1 Å². The molecule has 2 nitrogen and oxygen atoms in total. The first-order chi connectivity index (χ1) is 9.33. The third-order valence-corrected chi connectivity index (χ3v) is 3.57. The highest BCUT2D eigenvalue weighted by atomic mass is 35.5. The number of ether oxygens (including phenoxy) is 1. The van der Waals surface area contributed by atoms with Crippen molar-refractivity contribution in [1.82, 2.24) is 5.32 Å². The lowest BCUT2D eigenvalue weighted by Crippen LogP contribution is -2.19. The van der Waals surface area contributed by atoms with Gasteiger partial charge < -0.3 is 10.1 Å². The lowest BCUT2D eigenvalue weighted by molar-refractivity contribution is 0.224. The van der Waals surface area contributed by atoms with Crippen LogP contribution in [0.15, 0.2) is 48.5 Å². The molecule has 1 aliphatic rings. The van der Waals surface area contributed by atoms with Gasteiger partial charge in [-0.2, -0.15) is 0 Å². The summed E-state index contributed by atoms with van der Waals surface area (Å²) in [5.41, 5.74) is 2.19. The van der Waals surface area contributed by atoms with Gasteiger partial charge in [0, 0.05) is 17.1 Å². The van der Waals surface area contributed by atoms with E-state index in [4.69, 9.17) is 16.3 Å². The van der Waals surface area contributed by atoms with Gasteiger partial charge in [0.05, 0.1) is 0 Å². The van der Waals surface area contributed by atoms with Crippen LogP contribution in [0.2, 0.25) is 5.02 Å². The first-order valence-corrected chi connectivity index (χ1v) is 6.93. The normalized spacial score (nSPS) is 18.5. The van der Waals surface area contributed by atoms with Crippen LogP contribution >= 0.6 is 11.6 Å². The van der Waals surface area contributed by atoms with Crippen molar-refractivity contribution < 1.29 is 4.74 Å². The van der Waals surface area contributed by atoms with Gasteiger partial charge in [0.25, 0.3) is 0 Å². The second-order valence-electron chi connectivity index (χ2n) is 4.74. The van der Waals surface area contributed by atoms with Gasteiger partial charge in [0.15, 0.2) is 0 Å². The molecule has 2 aromatic carbocycles. The molecule has 98 valence electrons. The van der Waals surface area contributed by atoms with Crippen molar-refractivity contribution in [1.29, 1.82) is 0 Å². The van der Waals surface area contributed by atoms with Gasteiger partial charge in [0.1, 0.15) is 11.9 Å². The van der Waals surface area contributed by atoms with E-state index in [1.54, 1.807) is 0 Å². The molecule has 0 aliphatic carbocycles. The zero-order chi connectivity index (χ0) is 13.1. The topological polar surface area (TPSA) is 21.3 Å². The zero-order valence-electron chi connectivity index (χ0n) is 10.6. The van der Waals surface area contributed by atoms with Gasteiger partial charge in [-0.3, -0.25) is 0 Å². The van der Waals surface area contributed by atoms with E-state index in [1.165, 1.54) is 0 Å². The van der Waals surface area contributed by atoms with Crippen molar-refractivity contribution in [3.8, 4) is 16.9 Å². The Morgan fingerprint density at radius 2 is 1.95 bits per heavy atom. The lowest BCUT2D eigenvalue weighted by atomic mass is 10.0. The molecule has 0 radical (unpaired) electrons. The minimum absolute atomic E-state index is 0.253. The van der Waals surface area contributed by atoms with Crippen molar-refractivity contribution in [2.75, 3.05) is 13.1 Å². The Kier molecular flexibility index (Phi) is 3.72. The Hall–Kier alpha value is -1.51. The van der Waals surface area contributed by atoms with Crippen LogP contribution in [0.3, 0.4) is 0 Å². The molecule has 0 saturated carbocycles. The molecule has 0 aromatic heterocycles. The minimum Gasteiger partial charge on any atom is -0.488 e. The summed E-state index contributed by atoms with van der Waals surface area (Å²) in [5, 5.41) is 4.04. The van der Waals surface area contributed by atoms with Crippen LogP contribution in [-0.2, 0) is 0 Å². The van der Waals surface area contributed by atoms with Crippen LogP contribution in [0.5, 0.6) is 5.75 Å². The highest BCUT2D eigenvalue weighted by Crippen LogP contribution is 2.33. The van der Waals surface area contributed by atoms with Gasteiger partial charge >= 0.3 is 0 Å². The summed E-state index contributed by atoms with van der Waals surface area (Å²) in [5.74, 6) is 0.907. The largest absolute Gasteiger partial charge is 0.488 e. The van der Waals surface area contributed by atoms with Crippen molar-refractivity contribution in [3.63, 3.8) is 0 Å². The van der Waals surface area contributed by atoms with E-state index in [-0.39, 0.29) is 6.10 Å². The molecular formula is C16H16ClNO. The summed E-state index contributed by atoms with van der Waals surface area (Å²) in [6.07, 6.45) is 1.31. The molecule has 0 spiro atoms.